The summed E-state index contributed by atoms with van der Waals surface area (Å²) in [6, 6.07) is 7.19. The van der Waals surface area contributed by atoms with Gasteiger partial charge in [-0.1, -0.05) is 11.6 Å². The predicted octanol–water partition coefficient (Wildman–Crippen LogP) is 2.30. The summed E-state index contributed by atoms with van der Waals surface area (Å²) in [5.74, 6) is -0.576. The molecule has 1 amide bonds. The molecule has 0 bridgehead atoms. The largest absolute Gasteiger partial charge is 0.366 e. The topological polar surface area (TPSA) is 96.9 Å². The van der Waals surface area contributed by atoms with Gasteiger partial charge in [0.1, 0.15) is 9.73 Å². The van der Waals surface area contributed by atoms with Crippen LogP contribution in [0.2, 0.25) is 5.02 Å². The van der Waals surface area contributed by atoms with Crippen LogP contribution in [0.1, 0.15) is 10.4 Å². The Labute approximate surface area is 115 Å². The minimum atomic E-state index is -3.20. The van der Waals surface area contributed by atoms with Crippen LogP contribution in [0.4, 0.5) is 0 Å². The lowest BCUT2D eigenvalue weighted by Gasteiger charge is -2.08. The monoisotopic (exact) mass is 295 g/mol. The summed E-state index contributed by atoms with van der Waals surface area (Å²) in [4.78, 5) is 15.2. The maximum atomic E-state index is 12.5. The number of aromatic nitrogens is 1. The van der Waals surface area contributed by atoms with Gasteiger partial charge in [0.05, 0.1) is 14.8 Å². The van der Waals surface area contributed by atoms with E-state index < -0.39 is 15.6 Å². The number of hydrogen-bond acceptors (Lipinski definition) is 4. The van der Waals surface area contributed by atoms with E-state index >= 15 is 0 Å². The number of pyridine rings is 1. The Balaban J connectivity index is 2.48. The fourth-order valence-electron chi connectivity index (χ4n) is 1.50. The smallest absolute Gasteiger partial charge is 0.248 e. The highest BCUT2D eigenvalue weighted by Gasteiger charge is 2.14. The third-order valence-electron chi connectivity index (χ3n) is 2.48. The molecule has 1 atom stereocenters. The first-order valence-electron chi connectivity index (χ1n) is 5.20. The number of rotatable bonds is 3. The molecule has 7 heteroatoms. The van der Waals surface area contributed by atoms with Gasteiger partial charge < -0.3 is 5.73 Å². The van der Waals surface area contributed by atoms with Gasteiger partial charge >= 0.3 is 0 Å². The van der Waals surface area contributed by atoms with Crippen LogP contribution in [0, 0.1) is 4.78 Å². The van der Waals surface area contributed by atoms with Gasteiger partial charge in [-0.3, -0.25) is 9.78 Å². The van der Waals surface area contributed by atoms with Crippen LogP contribution in [-0.2, 0) is 9.73 Å². The number of primary amides is 1. The Morgan fingerprint density at radius 3 is 2.37 bits per heavy atom. The number of hydrogen-bond donors (Lipinski definition) is 2. The number of nitrogens with two attached hydrogens (primary N) is 1. The molecule has 0 saturated heterocycles. The molecule has 3 N–H and O–H groups in total. The van der Waals surface area contributed by atoms with Gasteiger partial charge in [-0.2, -0.15) is 0 Å². The quantitative estimate of drug-likeness (QED) is 0.909. The highest BCUT2D eigenvalue weighted by atomic mass is 35.5. The highest BCUT2D eigenvalue weighted by Crippen LogP contribution is 2.23. The van der Waals surface area contributed by atoms with Crippen LogP contribution < -0.4 is 5.73 Å². The van der Waals surface area contributed by atoms with Crippen molar-refractivity contribution in [2.75, 3.05) is 0 Å². The zero-order chi connectivity index (χ0) is 14.0. The third-order valence-corrected chi connectivity index (χ3v) is 4.51. The second-order valence-corrected chi connectivity index (χ2v) is 6.28. The molecule has 5 nitrogen and oxygen atoms in total. The Hall–Kier alpha value is -1.92. The molecule has 1 heterocycles. The fraction of sp³-hybridized carbons (Fsp3) is 0. The summed E-state index contributed by atoms with van der Waals surface area (Å²) in [5.41, 5.74) is 5.41. The zero-order valence-corrected chi connectivity index (χ0v) is 11.2. The van der Waals surface area contributed by atoms with Crippen LogP contribution in [0.3, 0.4) is 0 Å². The van der Waals surface area contributed by atoms with E-state index in [2.05, 4.69) is 4.98 Å². The van der Waals surface area contributed by atoms with E-state index in [9.17, 15) is 9.00 Å². The van der Waals surface area contributed by atoms with Crippen LogP contribution in [0.15, 0.2) is 52.5 Å². The molecule has 0 aliphatic carbocycles. The number of carbonyl (C=O) groups excluding carboxylic acids is 1. The molecule has 0 saturated carbocycles. The van der Waals surface area contributed by atoms with Gasteiger partial charge in [-0.25, -0.2) is 8.99 Å². The standard InChI is InChI=1S/C12H10ClN3O2S/c13-9-5-11(7-16-6-9)19(15,18)10-3-1-8(2-4-10)12(14)17/h1-7,15H,(H2,14,17). The molecular weight excluding hydrogens is 286 g/mol. The number of halogens is 1. The molecule has 0 spiro atoms. The van der Waals surface area contributed by atoms with Crippen molar-refractivity contribution in [3.8, 4) is 0 Å². The van der Waals surface area contributed by atoms with Crippen LogP contribution in [0.5, 0.6) is 0 Å². The molecule has 0 aliphatic heterocycles. The molecule has 1 aromatic carbocycles. The molecule has 1 unspecified atom stereocenters. The molecule has 0 radical (unpaired) electrons. The second kappa shape index (κ2) is 4.99. The number of carbonyl (C=O) groups is 1. The molecule has 1 aromatic heterocycles. The lowest BCUT2D eigenvalue weighted by atomic mass is 10.2. The van der Waals surface area contributed by atoms with Gasteiger partial charge in [0, 0.05) is 18.0 Å². The van der Waals surface area contributed by atoms with E-state index in [-0.39, 0.29) is 9.79 Å². The first kappa shape index (κ1) is 13.5. The van der Waals surface area contributed by atoms with Crippen LogP contribution >= 0.6 is 11.6 Å². The maximum Gasteiger partial charge on any atom is 0.248 e. The minimum absolute atomic E-state index is 0.215. The van der Waals surface area contributed by atoms with E-state index in [1.54, 1.807) is 0 Å². The number of nitrogens with zero attached hydrogens (tertiary/aromatic N) is 1. The van der Waals surface area contributed by atoms with Gasteiger partial charge in [-0.05, 0) is 30.3 Å². The van der Waals surface area contributed by atoms with Crippen molar-refractivity contribution >= 4 is 27.2 Å². The molecule has 0 aliphatic rings. The Kier molecular flexibility index (Phi) is 3.55. The SMILES string of the molecule is N=S(=O)(c1ccc(C(N)=O)cc1)c1cncc(Cl)c1. The Morgan fingerprint density at radius 1 is 1.21 bits per heavy atom. The molecule has 0 fully saturated rings. The summed E-state index contributed by atoms with van der Waals surface area (Å²) in [6.45, 7) is 0. The average Bonchev–Trinajstić information content (AvgIpc) is 2.39. The van der Waals surface area contributed by atoms with Crippen molar-refractivity contribution in [1.82, 2.24) is 4.98 Å². The third kappa shape index (κ3) is 2.74. The van der Waals surface area contributed by atoms with E-state index in [4.69, 9.17) is 22.1 Å². The second-order valence-electron chi connectivity index (χ2n) is 3.78. The van der Waals surface area contributed by atoms with Crippen LogP contribution in [-0.4, -0.2) is 15.1 Å². The summed E-state index contributed by atoms with van der Waals surface area (Å²) in [7, 11) is -3.20. The number of amides is 1. The lowest BCUT2D eigenvalue weighted by Crippen LogP contribution is -2.11. The minimum Gasteiger partial charge on any atom is -0.366 e. The van der Waals surface area contributed by atoms with Gasteiger partial charge in [0.2, 0.25) is 5.91 Å². The Bertz CT molecular complexity index is 727. The predicted molar refractivity (Wildman–Crippen MR) is 71.6 cm³/mol. The Morgan fingerprint density at radius 2 is 1.84 bits per heavy atom. The van der Waals surface area contributed by atoms with E-state index in [1.165, 1.54) is 42.7 Å². The first-order valence-corrected chi connectivity index (χ1v) is 7.14. The zero-order valence-electron chi connectivity index (χ0n) is 9.67. The van der Waals surface area contributed by atoms with Gasteiger partial charge in [0.15, 0.2) is 0 Å². The molecule has 2 rings (SSSR count). The van der Waals surface area contributed by atoms with E-state index in [0.717, 1.165) is 0 Å². The fourth-order valence-corrected chi connectivity index (χ4v) is 3.03. The molecule has 2 aromatic rings. The van der Waals surface area contributed by atoms with Crippen molar-refractivity contribution in [2.24, 2.45) is 5.73 Å². The number of nitrogens with one attached hydrogen (secondary N) is 1. The number of benzene rings is 1. The van der Waals surface area contributed by atoms with Gasteiger partial charge in [0.25, 0.3) is 0 Å². The normalized spacial score (nSPS) is 13.7. The molecule has 19 heavy (non-hydrogen) atoms. The van der Waals surface area contributed by atoms with Crippen molar-refractivity contribution in [1.29, 1.82) is 4.78 Å². The highest BCUT2D eigenvalue weighted by molar-refractivity contribution is 7.92. The van der Waals surface area contributed by atoms with Crippen LogP contribution in [0.25, 0.3) is 0 Å². The van der Waals surface area contributed by atoms with E-state index in [1.807, 2.05) is 0 Å². The van der Waals surface area contributed by atoms with Crippen molar-refractivity contribution in [3.63, 3.8) is 0 Å². The summed E-state index contributed by atoms with van der Waals surface area (Å²) < 4.78 is 20.5. The van der Waals surface area contributed by atoms with Crippen molar-refractivity contribution in [2.45, 2.75) is 9.79 Å². The summed E-state index contributed by atoms with van der Waals surface area (Å²) in [6.07, 6.45) is 2.74. The maximum absolute atomic E-state index is 12.5. The summed E-state index contributed by atoms with van der Waals surface area (Å²) >= 11 is 5.77. The lowest BCUT2D eigenvalue weighted by molar-refractivity contribution is 0.1000. The average molecular weight is 296 g/mol. The van der Waals surface area contributed by atoms with Crippen molar-refractivity contribution in [3.05, 3.63) is 53.3 Å². The van der Waals surface area contributed by atoms with Crippen molar-refractivity contribution < 1.29 is 9.00 Å². The summed E-state index contributed by atoms with van der Waals surface area (Å²) in [5, 5.41) is 0.311. The van der Waals surface area contributed by atoms with Gasteiger partial charge in [-0.15, -0.1) is 0 Å². The molecule has 98 valence electrons. The van der Waals surface area contributed by atoms with E-state index in [0.29, 0.717) is 10.6 Å². The molecular formula is C12H10ClN3O2S. The first-order chi connectivity index (χ1) is 8.91.